The molecule has 5 heteroatoms. The van der Waals surface area contributed by atoms with Gasteiger partial charge in [0.2, 0.25) is 5.69 Å². The minimum atomic E-state index is -0.495. The van der Waals surface area contributed by atoms with Crippen LogP contribution in [0.25, 0.3) is 10.8 Å². The van der Waals surface area contributed by atoms with Crippen LogP contribution in [-0.4, -0.2) is 22.3 Å². The molecule has 0 radical (unpaired) electrons. The summed E-state index contributed by atoms with van der Waals surface area (Å²) in [6.07, 6.45) is 0.586. The van der Waals surface area contributed by atoms with Crippen LogP contribution in [0.1, 0.15) is 25.2 Å². The molecule has 1 aromatic heterocycles. The highest BCUT2D eigenvalue weighted by molar-refractivity contribution is 6.01. The Kier molecular flexibility index (Phi) is 3.29. The molecule has 25 heavy (non-hydrogen) atoms. The predicted octanol–water partition coefficient (Wildman–Crippen LogP) is 4.59. The van der Waals surface area contributed by atoms with Crippen molar-refractivity contribution in [3.63, 3.8) is 0 Å². The lowest BCUT2D eigenvalue weighted by Gasteiger charge is -2.21. The van der Waals surface area contributed by atoms with Gasteiger partial charge < -0.3 is 4.42 Å². The van der Waals surface area contributed by atoms with Crippen molar-refractivity contribution in [2.24, 2.45) is 0 Å². The zero-order valence-corrected chi connectivity index (χ0v) is 14.4. The van der Waals surface area contributed by atoms with Crippen molar-refractivity contribution in [3.8, 4) is 0 Å². The highest BCUT2D eigenvalue weighted by Gasteiger charge is 2.46. The van der Waals surface area contributed by atoms with Crippen molar-refractivity contribution >= 4 is 28.1 Å². The van der Waals surface area contributed by atoms with Crippen LogP contribution in [-0.2, 0) is 11.8 Å². The first-order valence-corrected chi connectivity index (χ1v) is 8.25. The number of hydrogen-bond donors (Lipinski definition) is 0. The Balaban J connectivity index is 1.86. The van der Waals surface area contributed by atoms with Crippen molar-refractivity contribution in [2.45, 2.75) is 25.7 Å². The average Bonchev–Trinajstić information content (AvgIpc) is 3.14. The fraction of sp³-hybridized carbons (Fsp3) is 0.250. The Hall–Kier alpha value is -2.95. The fourth-order valence-corrected chi connectivity index (χ4v) is 3.93. The lowest BCUT2D eigenvalue weighted by Crippen LogP contribution is -2.32. The van der Waals surface area contributed by atoms with Crippen molar-refractivity contribution < 1.29 is 13.9 Å². The van der Waals surface area contributed by atoms with Crippen molar-refractivity contribution in [1.82, 2.24) is 0 Å². The van der Waals surface area contributed by atoms with E-state index in [1.807, 2.05) is 6.07 Å². The second-order valence-electron chi connectivity index (χ2n) is 6.83. The number of benzene rings is 2. The molecule has 0 saturated carbocycles. The molecule has 0 saturated heterocycles. The summed E-state index contributed by atoms with van der Waals surface area (Å²) in [5.41, 5.74) is 3.38. The highest BCUT2D eigenvalue weighted by Crippen LogP contribution is 2.45. The summed E-state index contributed by atoms with van der Waals surface area (Å²) < 4.78 is 7.66. The fourth-order valence-electron chi connectivity index (χ4n) is 3.93. The third kappa shape index (κ3) is 2.19. The molecule has 2 heterocycles. The van der Waals surface area contributed by atoms with Crippen LogP contribution in [0.3, 0.4) is 0 Å². The van der Waals surface area contributed by atoms with Gasteiger partial charge in [-0.25, -0.2) is 4.58 Å². The first-order chi connectivity index (χ1) is 11.9. The van der Waals surface area contributed by atoms with Crippen LogP contribution in [0, 0.1) is 10.1 Å². The molecular weight excluding hydrogens is 316 g/mol. The topological polar surface area (TPSA) is 59.3 Å². The van der Waals surface area contributed by atoms with Crippen LogP contribution in [0.5, 0.6) is 0 Å². The molecule has 1 atom stereocenters. The monoisotopic (exact) mass is 335 g/mol. The maximum absolute atomic E-state index is 10.9. The number of nitro groups is 1. The quantitative estimate of drug-likeness (QED) is 0.399. The van der Waals surface area contributed by atoms with E-state index in [0.29, 0.717) is 12.2 Å². The Bertz CT molecular complexity index is 1050. The molecule has 0 fully saturated rings. The summed E-state index contributed by atoms with van der Waals surface area (Å²) in [5, 5.41) is 13.3. The van der Waals surface area contributed by atoms with Gasteiger partial charge in [0.25, 0.3) is 0 Å². The first kappa shape index (κ1) is 15.6. The molecule has 4 rings (SSSR count). The number of furan rings is 1. The van der Waals surface area contributed by atoms with Crippen LogP contribution in [0.2, 0.25) is 0 Å². The summed E-state index contributed by atoms with van der Waals surface area (Å²) in [6.45, 7) is 4.29. The van der Waals surface area contributed by atoms with Crippen LogP contribution < -0.4 is 0 Å². The summed E-state index contributed by atoms with van der Waals surface area (Å²) in [7, 11) is 2.08. The summed E-state index contributed by atoms with van der Waals surface area (Å²) in [5.74, 6) is 0.421. The standard InChI is InChI=1S/C20H19N2O3/c1-13-20(2,12-15-9-11-18(25-15)22(23)24)17-10-8-14-6-4-5-7-16(14)19(17)21(13)3/h4-11H,12H2,1-3H3/q+1. The van der Waals surface area contributed by atoms with Gasteiger partial charge in [0, 0.05) is 18.9 Å². The lowest BCUT2D eigenvalue weighted by atomic mass is 9.76. The third-order valence-corrected chi connectivity index (χ3v) is 5.49. The van der Waals surface area contributed by atoms with Gasteiger partial charge in [-0.1, -0.05) is 30.3 Å². The minimum Gasteiger partial charge on any atom is -0.406 e. The number of nitrogens with zero attached hydrogens (tertiary/aromatic N) is 2. The molecule has 0 spiro atoms. The Morgan fingerprint density at radius 1 is 1.16 bits per heavy atom. The molecule has 1 aliphatic heterocycles. The van der Waals surface area contributed by atoms with E-state index < -0.39 is 4.92 Å². The molecule has 0 bridgehead atoms. The lowest BCUT2D eigenvalue weighted by molar-refractivity contribution is -0.402. The van der Waals surface area contributed by atoms with Crippen LogP contribution in [0.4, 0.5) is 11.6 Å². The van der Waals surface area contributed by atoms with E-state index in [1.165, 1.54) is 33.8 Å². The molecule has 2 aromatic carbocycles. The highest BCUT2D eigenvalue weighted by atomic mass is 16.6. The Morgan fingerprint density at radius 2 is 1.92 bits per heavy atom. The summed E-state index contributed by atoms with van der Waals surface area (Å²) in [4.78, 5) is 10.4. The molecule has 1 aliphatic rings. The smallest absolute Gasteiger partial charge is 0.406 e. The predicted molar refractivity (Wildman–Crippen MR) is 96.9 cm³/mol. The van der Waals surface area contributed by atoms with Gasteiger partial charge in [0.15, 0.2) is 5.71 Å². The van der Waals surface area contributed by atoms with Crippen molar-refractivity contribution in [1.29, 1.82) is 0 Å². The van der Waals surface area contributed by atoms with E-state index >= 15 is 0 Å². The van der Waals surface area contributed by atoms with Gasteiger partial charge in [0.1, 0.15) is 17.7 Å². The normalized spacial score (nSPS) is 19.5. The minimum absolute atomic E-state index is 0.207. The van der Waals surface area contributed by atoms with Gasteiger partial charge in [0.05, 0.1) is 16.9 Å². The number of hydrogen-bond acceptors (Lipinski definition) is 3. The molecule has 0 amide bonds. The second kappa shape index (κ2) is 5.28. The van der Waals surface area contributed by atoms with Gasteiger partial charge in [-0.15, -0.1) is 0 Å². The van der Waals surface area contributed by atoms with E-state index in [-0.39, 0.29) is 11.3 Å². The summed E-state index contributed by atoms with van der Waals surface area (Å²) >= 11 is 0. The first-order valence-electron chi connectivity index (χ1n) is 8.25. The van der Waals surface area contributed by atoms with E-state index in [4.69, 9.17) is 4.42 Å². The maximum atomic E-state index is 10.9. The van der Waals surface area contributed by atoms with E-state index in [0.717, 1.165) is 0 Å². The van der Waals surface area contributed by atoms with E-state index in [9.17, 15) is 10.1 Å². The molecule has 3 aromatic rings. The van der Waals surface area contributed by atoms with E-state index in [2.05, 4.69) is 55.8 Å². The average molecular weight is 335 g/mol. The third-order valence-electron chi connectivity index (χ3n) is 5.49. The Labute approximate surface area is 145 Å². The molecule has 126 valence electrons. The zero-order chi connectivity index (χ0) is 17.8. The van der Waals surface area contributed by atoms with Gasteiger partial charge in [-0.2, -0.15) is 0 Å². The molecule has 0 N–H and O–H groups in total. The zero-order valence-electron chi connectivity index (χ0n) is 14.4. The molecular formula is C20H19N2O3+. The second-order valence-corrected chi connectivity index (χ2v) is 6.83. The molecule has 1 unspecified atom stereocenters. The van der Waals surface area contributed by atoms with Crippen molar-refractivity contribution in [2.75, 3.05) is 7.05 Å². The van der Waals surface area contributed by atoms with Gasteiger partial charge in [-0.3, -0.25) is 10.1 Å². The largest absolute Gasteiger partial charge is 0.433 e. The molecule has 5 nitrogen and oxygen atoms in total. The van der Waals surface area contributed by atoms with Gasteiger partial charge in [-0.05, 0) is 24.4 Å². The van der Waals surface area contributed by atoms with Crippen LogP contribution in [0.15, 0.2) is 52.9 Å². The summed E-state index contributed by atoms with van der Waals surface area (Å²) in [6, 6.07) is 15.8. The van der Waals surface area contributed by atoms with E-state index in [1.54, 1.807) is 6.07 Å². The number of fused-ring (bicyclic) bond motifs is 3. The SMILES string of the molecule is CC1=[N+](C)c2c(ccc3ccccc23)C1(C)Cc1ccc([N+](=O)[O-])o1. The van der Waals surface area contributed by atoms with Crippen molar-refractivity contribution in [3.05, 3.63) is 70.0 Å². The Morgan fingerprint density at radius 3 is 2.64 bits per heavy atom. The maximum Gasteiger partial charge on any atom is 0.433 e. The van der Waals surface area contributed by atoms with Crippen LogP contribution >= 0.6 is 0 Å². The van der Waals surface area contributed by atoms with Gasteiger partial charge >= 0.3 is 5.88 Å². The number of rotatable bonds is 3. The molecule has 0 aliphatic carbocycles.